The van der Waals surface area contributed by atoms with Gasteiger partial charge in [-0.15, -0.1) is 5.47 Å². The summed E-state index contributed by atoms with van der Waals surface area (Å²) in [6, 6.07) is 0. The first-order valence-electron chi connectivity index (χ1n) is 3.09. The molecule has 0 aliphatic heterocycles. The van der Waals surface area contributed by atoms with Crippen LogP contribution in [-0.2, 0) is 11.3 Å². The van der Waals surface area contributed by atoms with Crippen molar-refractivity contribution in [2.45, 2.75) is 6.42 Å². The molecule has 0 aromatic carbocycles. The Morgan fingerprint density at radius 3 is 2.23 bits per heavy atom. The summed E-state index contributed by atoms with van der Waals surface area (Å²) in [6.45, 7) is 0. The minimum Gasteiger partial charge on any atom is -0.889 e. The van der Waals surface area contributed by atoms with E-state index in [1.807, 2.05) is 0 Å². The molecule has 7 heteroatoms. The fraction of sp³-hybridized carbons (Fsp3) is 0.167. The van der Waals surface area contributed by atoms with Gasteiger partial charge in [0.1, 0.15) is 0 Å². The first kappa shape index (κ1) is 16.0. The molecule has 1 rings (SSSR count). The second-order valence-corrected chi connectivity index (χ2v) is 2.81. The van der Waals surface area contributed by atoms with E-state index in [0.717, 1.165) is 0 Å². The van der Waals surface area contributed by atoms with Crippen molar-refractivity contribution in [3.63, 3.8) is 0 Å². The maximum Gasteiger partial charge on any atom is 1.00 e. The molecule has 0 spiro atoms. The van der Waals surface area contributed by atoms with Crippen LogP contribution in [0.1, 0.15) is 6.42 Å². The van der Waals surface area contributed by atoms with Crippen molar-refractivity contribution in [1.29, 1.82) is 0 Å². The molecule has 1 aliphatic rings. The van der Waals surface area contributed by atoms with Crippen LogP contribution in [0.3, 0.4) is 0 Å². The van der Waals surface area contributed by atoms with Gasteiger partial charge >= 0.3 is 37.7 Å². The predicted octanol–water partition coefficient (Wildman–Crippen LogP) is -7.99. The van der Waals surface area contributed by atoms with Crippen LogP contribution in [0.4, 0.5) is 0 Å². The van der Waals surface area contributed by atoms with Crippen LogP contribution in [0.2, 0.25) is 0 Å². The fourth-order valence-corrected chi connectivity index (χ4v) is 1.06. The SMILES string of the molecule is O=S=C1C=CC(B([O-])[O-])=CC1.[Li+].[Li+]. The molecular weight excluding hydrogens is 177 g/mol. The first-order valence-corrected chi connectivity index (χ1v) is 3.83. The summed E-state index contributed by atoms with van der Waals surface area (Å²) in [5, 5.41) is 20.6. The molecule has 3 nitrogen and oxygen atoms in total. The molecule has 0 radical (unpaired) electrons. The molecule has 0 N–H and O–H groups in total. The molecule has 0 saturated carbocycles. The Bertz CT molecular complexity index is 271. The summed E-state index contributed by atoms with van der Waals surface area (Å²) in [5.74, 6) is 0. The molecule has 0 unspecified atom stereocenters. The quantitative estimate of drug-likeness (QED) is 0.298. The van der Waals surface area contributed by atoms with Gasteiger partial charge in [-0.1, -0.05) is 19.3 Å². The van der Waals surface area contributed by atoms with E-state index in [1.54, 1.807) is 0 Å². The predicted molar refractivity (Wildman–Crippen MR) is 40.7 cm³/mol. The standard InChI is InChI=1S/C6H5BO3S.2Li/c8-7(9)5-1-3-6(11-10)4-2-5;;/h1-3H,4H2;;/q-2;2*+1. The topological polar surface area (TPSA) is 63.2 Å². The molecule has 0 aromatic rings. The second-order valence-electron chi connectivity index (χ2n) is 2.12. The van der Waals surface area contributed by atoms with Crippen molar-refractivity contribution in [3.05, 3.63) is 23.7 Å². The molecule has 0 bridgehead atoms. The maximum atomic E-state index is 10.3. The van der Waals surface area contributed by atoms with Crippen LogP contribution in [0.25, 0.3) is 0 Å². The summed E-state index contributed by atoms with van der Waals surface area (Å²) in [4.78, 5) is 0.634. The average molecular weight is 182 g/mol. The Kier molecular flexibility index (Phi) is 9.73. The largest absolute Gasteiger partial charge is 1.00 e. The summed E-state index contributed by atoms with van der Waals surface area (Å²) >= 11 is 0.391. The van der Waals surface area contributed by atoms with E-state index in [-0.39, 0.29) is 43.2 Å². The summed E-state index contributed by atoms with van der Waals surface area (Å²) in [6.07, 6.45) is 4.86. The van der Waals surface area contributed by atoms with Crippen molar-refractivity contribution in [3.8, 4) is 0 Å². The Morgan fingerprint density at radius 1 is 1.31 bits per heavy atom. The molecule has 13 heavy (non-hydrogen) atoms. The maximum absolute atomic E-state index is 10.3. The van der Waals surface area contributed by atoms with Crippen LogP contribution < -0.4 is 47.8 Å². The third-order valence-electron chi connectivity index (χ3n) is 1.38. The molecule has 0 heterocycles. The molecule has 0 aromatic heterocycles. The van der Waals surface area contributed by atoms with Crippen molar-refractivity contribution >= 4 is 23.2 Å². The summed E-state index contributed by atoms with van der Waals surface area (Å²) < 4.78 is 10.2. The van der Waals surface area contributed by atoms with Gasteiger partial charge in [0.25, 0.3) is 0 Å². The first-order chi connectivity index (χ1) is 5.24. The number of rotatable bonds is 1. The normalized spacial score (nSPS) is 13.7. The average Bonchev–Trinajstić information content (AvgIpc) is 2.05. The zero-order valence-electron chi connectivity index (χ0n) is 7.65. The van der Waals surface area contributed by atoms with Gasteiger partial charge in [0.2, 0.25) is 0 Å². The van der Waals surface area contributed by atoms with Gasteiger partial charge in [0.05, 0.1) is 11.3 Å². The van der Waals surface area contributed by atoms with Crippen molar-refractivity contribution in [1.82, 2.24) is 0 Å². The third-order valence-corrected chi connectivity index (χ3v) is 1.90. The van der Waals surface area contributed by atoms with Gasteiger partial charge in [0.15, 0.2) is 0 Å². The van der Waals surface area contributed by atoms with E-state index in [4.69, 9.17) is 0 Å². The third kappa shape index (κ3) is 5.10. The van der Waals surface area contributed by atoms with Crippen LogP contribution >= 0.6 is 0 Å². The zero-order valence-corrected chi connectivity index (χ0v) is 8.47. The molecule has 0 saturated heterocycles. The van der Waals surface area contributed by atoms with E-state index in [1.165, 1.54) is 18.2 Å². The van der Waals surface area contributed by atoms with Crippen molar-refractivity contribution < 1.29 is 52.0 Å². The molecule has 0 fully saturated rings. The van der Waals surface area contributed by atoms with E-state index in [9.17, 15) is 14.3 Å². The Balaban J connectivity index is 0. The van der Waals surface area contributed by atoms with Crippen LogP contribution in [-0.4, -0.2) is 16.2 Å². The van der Waals surface area contributed by atoms with Crippen LogP contribution in [0.15, 0.2) is 23.7 Å². The Morgan fingerprint density at radius 2 is 1.92 bits per heavy atom. The Hall–Kier alpha value is 0.550. The van der Waals surface area contributed by atoms with Crippen LogP contribution in [0, 0.1) is 0 Å². The van der Waals surface area contributed by atoms with E-state index in [0.29, 0.717) is 22.5 Å². The number of allylic oxidation sites excluding steroid dienone is 4. The monoisotopic (exact) mass is 182 g/mol. The molecule has 1 aliphatic carbocycles. The summed E-state index contributed by atoms with van der Waals surface area (Å²) in [5.41, 5.74) is 0.225. The molecule has 0 amide bonds. The Labute approximate surface area is 105 Å². The number of hydrogen-bond donors (Lipinski definition) is 0. The molecular formula is C6H5BLi2O3S. The minimum absolute atomic E-state index is 0. The van der Waals surface area contributed by atoms with Gasteiger partial charge in [0, 0.05) is 11.3 Å². The van der Waals surface area contributed by atoms with Gasteiger partial charge in [-0.2, -0.15) is 0 Å². The molecule has 0 atom stereocenters. The second kappa shape index (κ2) is 7.91. The van der Waals surface area contributed by atoms with Gasteiger partial charge < -0.3 is 10.0 Å². The van der Waals surface area contributed by atoms with Gasteiger partial charge in [-0.25, -0.2) is 4.21 Å². The van der Waals surface area contributed by atoms with Gasteiger partial charge in [-0.05, 0) is 6.08 Å². The van der Waals surface area contributed by atoms with E-state index >= 15 is 0 Å². The van der Waals surface area contributed by atoms with Crippen molar-refractivity contribution in [2.75, 3.05) is 0 Å². The van der Waals surface area contributed by atoms with Crippen molar-refractivity contribution in [2.24, 2.45) is 0 Å². The summed E-state index contributed by atoms with van der Waals surface area (Å²) in [7, 11) is -1.93. The van der Waals surface area contributed by atoms with Gasteiger partial charge in [-0.3, -0.25) is 0 Å². The fourth-order valence-electron chi connectivity index (χ4n) is 0.780. The minimum atomic E-state index is -1.93. The van der Waals surface area contributed by atoms with E-state index in [2.05, 4.69) is 0 Å². The van der Waals surface area contributed by atoms with E-state index < -0.39 is 7.12 Å². The number of hydrogen-bond acceptors (Lipinski definition) is 3. The van der Waals surface area contributed by atoms with Crippen LogP contribution in [0.5, 0.6) is 0 Å². The smallest absolute Gasteiger partial charge is 0.889 e. The molecule has 58 valence electrons. The zero-order chi connectivity index (χ0) is 8.27.